The van der Waals surface area contributed by atoms with E-state index < -0.39 is 22.5 Å². The third-order valence-electron chi connectivity index (χ3n) is 6.00. The van der Waals surface area contributed by atoms with Crippen molar-refractivity contribution in [3.63, 3.8) is 0 Å². The summed E-state index contributed by atoms with van der Waals surface area (Å²) in [7, 11) is -3.88. The molecule has 2 aliphatic rings. The number of carbonyl (C=O) groups excluding carboxylic acids is 1. The predicted octanol–water partition coefficient (Wildman–Crippen LogP) is 5.10. The first-order chi connectivity index (χ1) is 15.8. The van der Waals surface area contributed by atoms with Crippen LogP contribution in [0.5, 0.6) is 5.75 Å². The number of halogens is 3. The molecule has 0 aromatic heterocycles. The molecule has 2 aromatic carbocycles. The normalized spacial score (nSPS) is 17.5. The number of ether oxygens (including phenoxy) is 1. The van der Waals surface area contributed by atoms with Gasteiger partial charge >= 0.3 is 6.61 Å². The number of nitrogens with zero attached hydrogens (tertiary/aromatic N) is 2. The third-order valence-corrected chi connectivity index (χ3v) is 8.38. The lowest BCUT2D eigenvalue weighted by Crippen LogP contribution is -2.36. The molecule has 10 heteroatoms. The van der Waals surface area contributed by atoms with Gasteiger partial charge in [0.25, 0.3) is 5.91 Å². The van der Waals surface area contributed by atoms with Gasteiger partial charge in [0.15, 0.2) is 0 Å². The maximum Gasteiger partial charge on any atom is 0.387 e. The zero-order chi connectivity index (χ0) is 23.6. The first-order valence-corrected chi connectivity index (χ1v) is 12.8. The second kappa shape index (κ2) is 9.95. The SMILES string of the molecule is O=C(c1ccc(Cl)c(S(=O)(=O)N2CCCCCC2)c1)N1CCCc2cccc(OC(F)F)c21. The summed E-state index contributed by atoms with van der Waals surface area (Å²) in [6, 6.07) is 8.91. The van der Waals surface area contributed by atoms with Crippen molar-refractivity contribution in [2.45, 2.75) is 50.0 Å². The Morgan fingerprint density at radius 3 is 2.42 bits per heavy atom. The molecule has 1 fully saturated rings. The van der Waals surface area contributed by atoms with Gasteiger partial charge < -0.3 is 9.64 Å². The summed E-state index contributed by atoms with van der Waals surface area (Å²) in [6.07, 6.45) is 4.74. The lowest BCUT2D eigenvalue weighted by Gasteiger charge is -2.31. The van der Waals surface area contributed by atoms with E-state index in [9.17, 15) is 22.0 Å². The number of hydrogen-bond donors (Lipinski definition) is 0. The second-order valence-electron chi connectivity index (χ2n) is 8.17. The standard InChI is InChI=1S/C23H25ClF2N2O4S/c24-18-11-10-17(15-20(18)33(30,31)27-12-3-1-2-4-13-27)22(29)28-14-6-8-16-7-5-9-19(21(16)28)32-23(25)26/h5,7,9-11,15,23H,1-4,6,8,12-14H2. The molecule has 2 aliphatic heterocycles. The highest BCUT2D eigenvalue weighted by Gasteiger charge is 2.31. The minimum absolute atomic E-state index is 0.0385. The number of para-hydroxylation sites is 1. The van der Waals surface area contributed by atoms with Crippen LogP contribution in [0.25, 0.3) is 0 Å². The number of alkyl halides is 2. The summed E-state index contributed by atoms with van der Waals surface area (Å²) in [5.41, 5.74) is 1.13. The topological polar surface area (TPSA) is 66.9 Å². The number of hydrogen-bond acceptors (Lipinski definition) is 4. The molecule has 178 valence electrons. The molecule has 0 atom stereocenters. The molecule has 4 rings (SSSR count). The fourth-order valence-corrected chi connectivity index (χ4v) is 6.44. The summed E-state index contributed by atoms with van der Waals surface area (Å²) in [5, 5.41) is 0.0385. The van der Waals surface area contributed by atoms with Crippen LogP contribution in [0.3, 0.4) is 0 Å². The van der Waals surface area contributed by atoms with Crippen molar-refractivity contribution in [2.75, 3.05) is 24.5 Å². The summed E-state index contributed by atoms with van der Waals surface area (Å²) in [4.78, 5) is 14.7. The Labute approximate surface area is 197 Å². The highest BCUT2D eigenvalue weighted by Crippen LogP contribution is 2.38. The monoisotopic (exact) mass is 498 g/mol. The van der Waals surface area contributed by atoms with Crippen molar-refractivity contribution >= 4 is 33.2 Å². The Morgan fingerprint density at radius 1 is 1.00 bits per heavy atom. The van der Waals surface area contributed by atoms with Crippen molar-refractivity contribution < 1.29 is 26.7 Å². The van der Waals surface area contributed by atoms with Crippen molar-refractivity contribution in [1.82, 2.24) is 4.31 Å². The zero-order valence-electron chi connectivity index (χ0n) is 18.0. The van der Waals surface area contributed by atoms with Crippen LogP contribution in [0.1, 0.15) is 48.0 Å². The van der Waals surface area contributed by atoms with Gasteiger partial charge in [0.05, 0.1) is 10.7 Å². The van der Waals surface area contributed by atoms with Crippen LogP contribution >= 0.6 is 11.6 Å². The van der Waals surface area contributed by atoms with E-state index in [-0.39, 0.29) is 21.2 Å². The van der Waals surface area contributed by atoms with E-state index in [0.717, 1.165) is 31.2 Å². The highest BCUT2D eigenvalue weighted by molar-refractivity contribution is 7.89. The Morgan fingerprint density at radius 2 is 1.73 bits per heavy atom. The molecule has 0 unspecified atom stereocenters. The average molecular weight is 499 g/mol. The molecular formula is C23H25ClF2N2O4S. The molecule has 0 N–H and O–H groups in total. The molecule has 0 radical (unpaired) electrons. The van der Waals surface area contributed by atoms with Crippen LogP contribution in [-0.4, -0.2) is 44.9 Å². The first-order valence-electron chi connectivity index (χ1n) is 11.0. The third kappa shape index (κ3) is 5.00. The summed E-state index contributed by atoms with van der Waals surface area (Å²) in [5.74, 6) is -0.577. The lowest BCUT2D eigenvalue weighted by atomic mass is 10.00. The fraction of sp³-hybridized carbons (Fsp3) is 0.435. The number of anilines is 1. The van der Waals surface area contributed by atoms with Crippen LogP contribution in [0, 0.1) is 0 Å². The van der Waals surface area contributed by atoms with Gasteiger partial charge in [-0.2, -0.15) is 13.1 Å². The van der Waals surface area contributed by atoms with Gasteiger partial charge in [-0.25, -0.2) is 8.42 Å². The van der Waals surface area contributed by atoms with Crippen molar-refractivity contribution in [2.24, 2.45) is 0 Å². The molecule has 1 amide bonds. The molecule has 6 nitrogen and oxygen atoms in total. The van der Waals surface area contributed by atoms with E-state index >= 15 is 0 Å². The number of benzene rings is 2. The second-order valence-corrected chi connectivity index (χ2v) is 10.5. The average Bonchev–Trinajstić information content (AvgIpc) is 3.08. The molecule has 33 heavy (non-hydrogen) atoms. The minimum Gasteiger partial charge on any atom is -0.433 e. The van der Waals surface area contributed by atoms with Gasteiger partial charge in [0.2, 0.25) is 10.0 Å². The molecular weight excluding hydrogens is 474 g/mol. The first kappa shape index (κ1) is 23.9. The number of carbonyl (C=O) groups is 1. The Bertz CT molecular complexity index is 1140. The van der Waals surface area contributed by atoms with Crippen molar-refractivity contribution in [3.05, 3.63) is 52.5 Å². The molecule has 0 aliphatic carbocycles. The molecule has 2 aromatic rings. The Balaban J connectivity index is 1.70. The number of fused-ring (bicyclic) bond motifs is 1. The number of sulfonamides is 1. The van der Waals surface area contributed by atoms with Gasteiger partial charge in [0, 0.05) is 25.2 Å². The van der Waals surface area contributed by atoms with E-state index in [1.807, 2.05) is 0 Å². The van der Waals surface area contributed by atoms with Gasteiger partial charge in [-0.3, -0.25) is 4.79 Å². The van der Waals surface area contributed by atoms with Gasteiger partial charge in [-0.1, -0.05) is 36.6 Å². The highest BCUT2D eigenvalue weighted by atomic mass is 35.5. The van der Waals surface area contributed by atoms with Crippen LogP contribution in [-0.2, 0) is 16.4 Å². The van der Waals surface area contributed by atoms with Crippen LogP contribution in [0.2, 0.25) is 5.02 Å². The van der Waals surface area contributed by atoms with Gasteiger partial charge in [-0.05, 0) is 55.5 Å². The van der Waals surface area contributed by atoms with E-state index in [1.54, 1.807) is 12.1 Å². The molecule has 0 saturated carbocycles. The van der Waals surface area contributed by atoms with E-state index in [2.05, 4.69) is 4.74 Å². The van der Waals surface area contributed by atoms with Crippen molar-refractivity contribution in [3.8, 4) is 5.75 Å². The van der Waals surface area contributed by atoms with E-state index in [1.165, 1.54) is 33.5 Å². The largest absolute Gasteiger partial charge is 0.433 e. The van der Waals surface area contributed by atoms with Crippen LogP contribution < -0.4 is 9.64 Å². The van der Waals surface area contributed by atoms with Crippen molar-refractivity contribution in [1.29, 1.82) is 0 Å². The predicted molar refractivity (Wildman–Crippen MR) is 122 cm³/mol. The smallest absolute Gasteiger partial charge is 0.387 e. The minimum atomic E-state index is -3.88. The molecule has 0 spiro atoms. The number of rotatable bonds is 5. The summed E-state index contributed by atoms with van der Waals surface area (Å²) in [6.45, 7) is -1.92. The number of aryl methyl sites for hydroxylation is 1. The maximum absolute atomic E-state index is 13.5. The summed E-state index contributed by atoms with van der Waals surface area (Å²) < 4.78 is 58.6. The van der Waals surface area contributed by atoms with Gasteiger partial charge in [0.1, 0.15) is 10.6 Å². The number of amides is 1. The Kier molecular flexibility index (Phi) is 7.21. The lowest BCUT2D eigenvalue weighted by molar-refractivity contribution is -0.0495. The van der Waals surface area contributed by atoms with Gasteiger partial charge in [-0.15, -0.1) is 0 Å². The molecule has 2 heterocycles. The summed E-state index contributed by atoms with van der Waals surface area (Å²) >= 11 is 6.26. The van der Waals surface area contributed by atoms with E-state index in [0.29, 0.717) is 38.2 Å². The quantitative estimate of drug-likeness (QED) is 0.575. The molecule has 1 saturated heterocycles. The Hall–Kier alpha value is -2.23. The van der Waals surface area contributed by atoms with E-state index in [4.69, 9.17) is 11.6 Å². The van der Waals surface area contributed by atoms with Crippen LogP contribution in [0.4, 0.5) is 14.5 Å². The van der Waals surface area contributed by atoms with Crippen LogP contribution in [0.15, 0.2) is 41.3 Å². The maximum atomic E-state index is 13.5. The zero-order valence-corrected chi connectivity index (χ0v) is 19.5. The fourth-order valence-electron chi connectivity index (χ4n) is 4.42. The molecule has 0 bridgehead atoms.